The Bertz CT molecular complexity index is 298. The molecular weight excluding hydrogens is 198 g/mol. The molecule has 0 fully saturated rings. The zero-order valence-corrected chi connectivity index (χ0v) is 9.28. The Balaban J connectivity index is 2.29. The molecule has 78 valence electrons. The number of aryl methyl sites for hydroxylation is 1. The van der Waals surface area contributed by atoms with E-state index in [0.717, 1.165) is 18.0 Å². The number of aromatic nitrogens is 1. The number of nitrogens with one attached hydrogen (secondary N) is 2. The molecule has 1 aromatic heterocycles. The second-order valence-corrected chi connectivity index (χ2v) is 4.19. The summed E-state index contributed by atoms with van der Waals surface area (Å²) in [5, 5.41) is 6.78. The van der Waals surface area contributed by atoms with Crippen LogP contribution in [0.4, 0.5) is 0 Å². The summed E-state index contributed by atoms with van der Waals surface area (Å²) in [6.45, 7) is 3.51. The van der Waals surface area contributed by atoms with Crippen molar-refractivity contribution in [2.45, 2.75) is 13.3 Å². The second kappa shape index (κ2) is 5.72. The van der Waals surface area contributed by atoms with E-state index in [9.17, 15) is 4.79 Å². The van der Waals surface area contributed by atoms with Gasteiger partial charge in [-0.3, -0.25) is 4.79 Å². The van der Waals surface area contributed by atoms with Gasteiger partial charge < -0.3 is 10.6 Å². The van der Waals surface area contributed by atoms with Crippen molar-refractivity contribution < 1.29 is 4.79 Å². The predicted octanol–water partition coefficient (Wildman–Crippen LogP) is 0.791. The van der Waals surface area contributed by atoms with E-state index < -0.39 is 0 Å². The maximum atomic E-state index is 11.5. The summed E-state index contributed by atoms with van der Waals surface area (Å²) < 4.78 is 0. The molecule has 0 unspecified atom stereocenters. The number of carbonyl (C=O) groups is 1. The van der Waals surface area contributed by atoms with Gasteiger partial charge in [-0.15, -0.1) is 11.3 Å². The topological polar surface area (TPSA) is 54.0 Å². The summed E-state index contributed by atoms with van der Waals surface area (Å²) in [5.41, 5.74) is 0. The number of rotatable bonds is 5. The first-order valence-electron chi connectivity index (χ1n) is 4.59. The lowest BCUT2D eigenvalue weighted by Crippen LogP contribution is -2.25. The van der Waals surface area contributed by atoms with Crippen molar-refractivity contribution in [3.8, 4) is 0 Å². The number of thiazole rings is 1. The Labute approximate surface area is 87.7 Å². The van der Waals surface area contributed by atoms with Crippen LogP contribution in [-0.2, 0) is 0 Å². The first kappa shape index (κ1) is 11.1. The van der Waals surface area contributed by atoms with Crippen molar-refractivity contribution in [1.29, 1.82) is 0 Å². The van der Waals surface area contributed by atoms with Crippen LogP contribution in [0.25, 0.3) is 0 Å². The van der Waals surface area contributed by atoms with Crippen LogP contribution in [0, 0.1) is 6.92 Å². The largest absolute Gasteiger partial charge is 0.351 e. The fourth-order valence-corrected chi connectivity index (χ4v) is 1.71. The molecule has 0 aliphatic heterocycles. The fourth-order valence-electron chi connectivity index (χ4n) is 1.02. The maximum absolute atomic E-state index is 11.5. The first-order chi connectivity index (χ1) is 6.74. The van der Waals surface area contributed by atoms with Gasteiger partial charge in [0.05, 0.1) is 11.2 Å². The number of amides is 1. The lowest BCUT2D eigenvalue weighted by atomic mass is 10.4. The van der Waals surface area contributed by atoms with Crippen LogP contribution in [0.2, 0.25) is 0 Å². The molecule has 1 heterocycles. The smallest absolute Gasteiger partial charge is 0.263 e. The van der Waals surface area contributed by atoms with E-state index in [4.69, 9.17) is 0 Å². The highest BCUT2D eigenvalue weighted by Crippen LogP contribution is 2.10. The van der Waals surface area contributed by atoms with Crippen LogP contribution in [-0.4, -0.2) is 31.0 Å². The highest BCUT2D eigenvalue weighted by molar-refractivity contribution is 7.13. The van der Waals surface area contributed by atoms with Crippen molar-refractivity contribution in [3.63, 3.8) is 0 Å². The summed E-state index contributed by atoms with van der Waals surface area (Å²) in [7, 11) is 1.90. The van der Waals surface area contributed by atoms with Crippen LogP contribution in [0.15, 0.2) is 6.20 Å². The molecule has 1 rings (SSSR count). The molecule has 0 aliphatic carbocycles. The van der Waals surface area contributed by atoms with E-state index in [1.165, 1.54) is 11.3 Å². The molecule has 0 saturated heterocycles. The Morgan fingerprint density at radius 1 is 1.57 bits per heavy atom. The minimum absolute atomic E-state index is 0.0216. The van der Waals surface area contributed by atoms with Gasteiger partial charge in [0.2, 0.25) is 0 Å². The zero-order valence-electron chi connectivity index (χ0n) is 8.46. The average molecular weight is 213 g/mol. The fraction of sp³-hybridized carbons (Fsp3) is 0.556. The van der Waals surface area contributed by atoms with Crippen LogP contribution >= 0.6 is 11.3 Å². The molecule has 0 radical (unpaired) electrons. The third kappa shape index (κ3) is 3.43. The molecule has 2 N–H and O–H groups in total. The number of hydrogen-bond acceptors (Lipinski definition) is 4. The lowest BCUT2D eigenvalue weighted by molar-refractivity contribution is 0.0957. The molecule has 0 aromatic carbocycles. The van der Waals surface area contributed by atoms with Crippen LogP contribution in [0.3, 0.4) is 0 Å². The van der Waals surface area contributed by atoms with Crippen molar-refractivity contribution in [2.24, 2.45) is 0 Å². The van der Waals surface area contributed by atoms with Gasteiger partial charge in [0.1, 0.15) is 4.88 Å². The van der Waals surface area contributed by atoms with Crippen molar-refractivity contribution in [2.75, 3.05) is 20.1 Å². The molecule has 0 bridgehead atoms. The number of carbonyl (C=O) groups excluding carboxylic acids is 1. The molecule has 5 heteroatoms. The van der Waals surface area contributed by atoms with Gasteiger partial charge in [-0.25, -0.2) is 4.98 Å². The molecule has 14 heavy (non-hydrogen) atoms. The molecule has 0 spiro atoms. The van der Waals surface area contributed by atoms with Crippen molar-refractivity contribution in [1.82, 2.24) is 15.6 Å². The van der Waals surface area contributed by atoms with Gasteiger partial charge in [-0.05, 0) is 26.9 Å². The monoisotopic (exact) mass is 213 g/mol. The van der Waals surface area contributed by atoms with Gasteiger partial charge >= 0.3 is 0 Å². The van der Waals surface area contributed by atoms with Gasteiger partial charge in [0.25, 0.3) is 5.91 Å². The Hall–Kier alpha value is -0.940. The molecule has 1 amide bonds. The van der Waals surface area contributed by atoms with E-state index >= 15 is 0 Å². The quantitative estimate of drug-likeness (QED) is 0.711. The highest BCUT2D eigenvalue weighted by Gasteiger charge is 2.07. The third-order valence-electron chi connectivity index (χ3n) is 1.73. The van der Waals surface area contributed by atoms with Gasteiger partial charge in [-0.1, -0.05) is 0 Å². The van der Waals surface area contributed by atoms with Crippen LogP contribution in [0.1, 0.15) is 21.1 Å². The van der Waals surface area contributed by atoms with Gasteiger partial charge in [0.15, 0.2) is 0 Å². The second-order valence-electron chi connectivity index (χ2n) is 2.96. The average Bonchev–Trinajstić information content (AvgIpc) is 2.59. The van der Waals surface area contributed by atoms with Gasteiger partial charge in [0, 0.05) is 6.54 Å². The molecule has 0 aliphatic rings. The minimum Gasteiger partial charge on any atom is -0.351 e. The maximum Gasteiger partial charge on any atom is 0.263 e. The first-order valence-corrected chi connectivity index (χ1v) is 5.41. The summed E-state index contributed by atoms with van der Waals surface area (Å²) >= 11 is 1.42. The minimum atomic E-state index is -0.0216. The van der Waals surface area contributed by atoms with E-state index in [2.05, 4.69) is 15.6 Å². The van der Waals surface area contributed by atoms with Crippen molar-refractivity contribution >= 4 is 17.2 Å². The van der Waals surface area contributed by atoms with E-state index in [1.807, 2.05) is 14.0 Å². The summed E-state index contributed by atoms with van der Waals surface area (Å²) in [6, 6.07) is 0. The Morgan fingerprint density at radius 3 is 2.93 bits per heavy atom. The van der Waals surface area contributed by atoms with Gasteiger partial charge in [-0.2, -0.15) is 0 Å². The number of nitrogens with zero attached hydrogens (tertiary/aromatic N) is 1. The molecule has 0 atom stereocenters. The molecule has 1 aromatic rings. The van der Waals surface area contributed by atoms with Crippen molar-refractivity contribution in [3.05, 3.63) is 16.1 Å². The highest BCUT2D eigenvalue weighted by atomic mass is 32.1. The normalized spacial score (nSPS) is 10.1. The molecule has 0 saturated carbocycles. The third-order valence-corrected chi connectivity index (χ3v) is 2.65. The van der Waals surface area contributed by atoms with E-state index in [1.54, 1.807) is 6.20 Å². The number of hydrogen-bond donors (Lipinski definition) is 2. The zero-order chi connectivity index (χ0) is 10.4. The Kier molecular flexibility index (Phi) is 4.55. The summed E-state index contributed by atoms with van der Waals surface area (Å²) in [6.07, 6.45) is 2.56. The lowest BCUT2D eigenvalue weighted by Gasteiger charge is -2.01. The Morgan fingerprint density at radius 2 is 2.36 bits per heavy atom. The summed E-state index contributed by atoms with van der Waals surface area (Å²) in [4.78, 5) is 16.2. The molecular formula is C9H15N3OS. The molecule has 4 nitrogen and oxygen atoms in total. The standard InChI is InChI=1S/C9H15N3OS/c1-7-12-6-8(14-7)9(13)11-5-3-4-10-2/h6,10H,3-5H2,1-2H3,(H,11,13). The predicted molar refractivity (Wildman–Crippen MR) is 57.7 cm³/mol. The SMILES string of the molecule is CNCCCNC(=O)c1cnc(C)s1. The summed E-state index contributed by atoms with van der Waals surface area (Å²) in [5.74, 6) is -0.0216. The van der Waals surface area contributed by atoms with E-state index in [0.29, 0.717) is 11.4 Å². The van der Waals surface area contributed by atoms with E-state index in [-0.39, 0.29) is 5.91 Å². The van der Waals surface area contributed by atoms with Crippen LogP contribution < -0.4 is 10.6 Å². The van der Waals surface area contributed by atoms with Crippen LogP contribution in [0.5, 0.6) is 0 Å².